The summed E-state index contributed by atoms with van der Waals surface area (Å²) in [5.41, 5.74) is 5.32. The molecular formula is C15H24N4O2S. The van der Waals surface area contributed by atoms with Crippen molar-refractivity contribution in [1.29, 1.82) is 0 Å². The van der Waals surface area contributed by atoms with E-state index in [1.165, 1.54) is 0 Å². The number of carbonyl (C=O) groups is 2. The van der Waals surface area contributed by atoms with Crippen LogP contribution >= 0.6 is 11.3 Å². The van der Waals surface area contributed by atoms with E-state index in [1.54, 1.807) is 17.5 Å². The third kappa shape index (κ3) is 4.78. The average molecular weight is 324 g/mol. The van der Waals surface area contributed by atoms with Crippen molar-refractivity contribution in [3.05, 3.63) is 16.6 Å². The van der Waals surface area contributed by atoms with E-state index in [9.17, 15) is 9.59 Å². The maximum absolute atomic E-state index is 12.1. The number of nitrogens with zero attached hydrogens (tertiary/aromatic N) is 2. The van der Waals surface area contributed by atoms with Gasteiger partial charge in [-0.15, -0.1) is 11.3 Å². The summed E-state index contributed by atoms with van der Waals surface area (Å²) in [5, 5.41) is 5.92. The highest BCUT2D eigenvalue weighted by molar-refractivity contribution is 7.09. The Labute approximate surface area is 135 Å². The third-order valence-corrected chi connectivity index (χ3v) is 5.03. The van der Waals surface area contributed by atoms with Crippen LogP contribution in [0, 0.1) is 5.92 Å². The van der Waals surface area contributed by atoms with Crippen molar-refractivity contribution in [2.45, 2.75) is 38.6 Å². The monoisotopic (exact) mass is 324 g/mol. The van der Waals surface area contributed by atoms with Gasteiger partial charge in [0, 0.05) is 30.5 Å². The summed E-state index contributed by atoms with van der Waals surface area (Å²) >= 11 is 1.57. The highest BCUT2D eigenvalue weighted by atomic mass is 32.1. The Morgan fingerprint density at radius 3 is 2.77 bits per heavy atom. The van der Waals surface area contributed by atoms with Crippen LogP contribution in [-0.4, -0.2) is 41.3 Å². The zero-order valence-corrected chi connectivity index (χ0v) is 13.8. The van der Waals surface area contributed by atoms with Gasteiger partial charge >= 0.3 is 0 Å². The molecule has 1 atom stereocenters. The number of aromatic nitrogens is 1. The molecule has 1 saturated heterocycles. The second-order valence-corrected chi connectivity index (χ2v) is 6.59. The Morgan fingerprint density at radius 1 is 1.50 bits per heavy atom. The van der Waals surface area contributed by atoms with Crippen LogP contribution < -0.4 is 11.1 Å². The zero-order chi connectivity index (χ0) is 15.9. The summed E-state index contributed by atoms with van der Waals surface area (Å²) in [7, 11) is 0. The van der Waals surface area contributed by atoms with Crippen molar-refractivity contribution >= 4 is 23.2 Å². The van der Waals surface area contributed by atoms with Gasteiger partial charge in [0.15, 0.2) is 0 Å². The Hall–Kier alpha value is -1.47. The van der Waals surface area contributed by atoms with Crippen LogP contribution in [0.15, 0.2) is 11.6 Å². The fourth-order valence-corrected chi connectivity index (χ4v) is 3.48. The minimum atomic E-state index is -0.202. The fourth-order valence-electron chi connectivity index (χ4n) is 2.71. The lowest BCUT2D eigenvalue weighted by Gasteiger charge is -2.30. The molecular weight excluding hydrogens is 300 g/mol. The molecule has 1 unspecified atom stereocenters. The normalized spacial score (nSPS) is 18.0. The van der Waals surface area contributed by atoms with Gasteiger partial charge in [-0.05, 0) is 32.4 Å². The summed E-state index contributed by atoms with van der Waals surface area (Å²) in [5.74, 6) is -0.148. The van der Waals surface area contributed by atoms with Gasteiger partial charge < -0.3 is 16.0 Å². The van der Waals surface area contributed by atoms with E-state index in [0.29, 0.717) is 6.42 Å². The van der Waals surface area contributed by atoms with Crippen LogP contribution in [0.3, 0.4) is 0 Å². The molecule has 3 N–H and O–H groups in total. The number of rotatable bonds is 7. The van der Waals surface area contributed by atoms with Crippen LogP contribution in [0.2, 0.25) is 0 Å². The molecule has 0 radical (unpaired) electrons. The lowest BCUT2D eigenvalue weighted by atomic mass is 9.96. The Bertz CT molecular complexity index is 484. The molecule has 0 aliphatic carbocycles. The minimum Gasteiger partial charge on any atom is -0.369 e. The first kappa shape index (κ1) is 16.9. The molecule has 1 aliphatic heterocycles. The molecule has 1 aromatic heterocycles. The number of carbonyl (C=O) groups excluding carboxylic acids is 2. The number of primary amides is 1. The molecule has 2 amide bonds. The highest BCUT2D eigenvalue weighted by Gasteiger charge is 2.23. The number of thiazole rings is 1. The molecule has 0 saturated carbocycles. The van der Waals surface area contributed by atoms with Gasteiger partial charge in [0.2, 0.25) is 11.8 Å². The maximum atomic E-state index is 12.1. The lowest BCUT2D eigenvalue weighted by Crippen LogP contribution is -2.40. The van der Waals surface area contributed by atoms with Crippen molar-refractivity contribution in [3.8, 4) is 0 Å². The van der Waals surface area contributed by atoms with Crippen LogP contribution in [0.25, 0.3) is 0 Å². The van der Waals surface area contributed by atoms with Gasteiger partial charge in [-0.1, -0.05) is 6.92 Å². The number of nitrogens with two attached hydrogens (primary N) is 1. The van der Waals surface area contributed by atoms with Crippen LogP contribution in [0.4, 0.5) is 0 Å². The smallest absolute Gasteiger partial charge is 0.221 e. The van der Waals surface area contributed by atoms with E-state index in [4.69, 9.17) is 5.73 Å². The summed E-state index contributed by atoms with van der Waals surface area (Å²) in [4.78, 5) is 29.7. The van der Waals surface area contributed by atoms with Crippen molar-refractivity contribution < 1.29 is 9.59 Å². The molecule has 122 valence electrons. The molecule has 7 heteroatoms. The number of likely N-dealkylation sites (tertiary alicyclic amines) is 1. The predicted molar refractivity (Wildman–Crippen MR) is 86.3 cm³/mol. The second kappa shape index (κ2) is 8.24. The summed E-state index contributed by atoms with van der Waals surface area (Å²) in [6.45, 7) is 4.45. The van der Waals surface area contributed by atoms with Crippen molar-refractivity contribution in [2.75, 3.05) is 19.6 Å². The molecule has 2 rings (SSSR count). The molecule has 1 aromatic rings. The second-order valence-electron chi connectivity index (χ2n) is 5.67. The number of piperidine rings is 1. The highest BCUT2D eigenvalue weighted by Crippen LogP contribution is 2.19. The number of hydrogen-bond acceptors (Lipinski definition) is 5. The summed E-state index contributed by atoms with van der Waals surface area (Å²) < 4.78 is 0. The molecule has 22 heavy (non-hydrogen) atoms. The SMILES string of the molecule is CCC(NC(=O)CCN1CCC(C(N)=O)CC1)c1nccs1. The molecule has 0 bridgehead atoms. The van der Waals surface area contributed by atoms with Crippen LogP contribution in [0.1, 0.15) is 43.7 Å². The predicted octanol–water partition coefficient (Wildman–Crippen LogP) is 1.30. The molecule has 1 aliphatic rings. The first-order chi connectivity index (χ1) is 10.6. The van der Waals surface area contributed by atoms with E-state index in [1.807, 2.05) is 12.3 Å². The topological polar surface area (TPSA) is 88.3 Å². The van der Waals surface area contributed by atoms with Gasteiger partial charge in [0.1, 0.15) is 5.01 Å². The number of amides is 2. The fraction of sp³-hybridized carbons (Fsp3) is 0.667. The van der Waals surface area contributed by atoms with E-state index in [2.05, 4.69) is 15.2 Å². The van der Waals surface area contributed by atoms with E-state index < -0.39 is 0 Å². The first-order valence-corrected chi connectivity index (χ1v) is 8.68. The number of hydrogen-bond donors (Lipinski definition) is 2. The van der Waals surface area contributed by atoms with Crippen molar-refractivity contribution in [2.24, 2.45) is 11.7 Å². The molecule has 2 heterocycles. The van der Waals surface area contributed by atoms with E-state index in [0.717, 1.165) is 43.9 Å². The lowest BCUT2D eigenvalue weighted by molar-refractivity contribution is -0.124. The van der Waals surface area contributed by atoms with Crippen LogP contribution in [-0.2, 0) is 9.59 Å². The maximum Gasteiger partial charge on any atom is 0.221 e. The zero-order valence-electron chi connectivity index (χ0n) is 13.0. The largest absolute Gasteiger partial charge is 0.369 e. The molecule has 1 fully saturated rings. The van der Waals surface area contributed by atoms with Gasteiger partial charge in [0.25, 0.3) is 0 Å². The van der Waals surface area contributed by atoms with Gasteiger partial charge in [-0.25, -0.2) is 4.98 Å². The van der Waals surface area contributed by atoms with Gasteiger partial charge in [-0.3, -0.25) is 9.59 Å². The third-order valence-electron chi connectivity index (χ3n) is 4.14. The standard InChI is InChI=1S/C15H24N4O2S/c1-2-12(15-17-6-10-22-15)18-13(20)5-9-19-7-3-11(4-8-19)14(16)21/h6,10-12H,2-5,7-9H2,1H3,(H2,16,21)(H,18,20). The van der Waals surface area contributed by atoms with Gasteiger partial charge in [-0.2, -0.15) is 0 Å². The van der Waals surface area contributed by atoms with Crippen LogP contribution in [0.5, 0.6) is 0 Å². The Morgan fingerprint density at radius 2 is 2.23 bits per heavy atom. The van der Waals surface area contributed by atoms with E-state index >= 15 is 0 Å². The summed E-state index contributed by atoms with van der Waals surface area (Å²) in [6, 6.07) is 0.00750. The Kier molecular flexibility index (Phi) is 6.33. The number of nitrogens with one attached hydrogen (secondary N) is 1. The molecule has 6 nitrogen and oxygen atoms in total. The molecule has 0 spiro atoms. The van der Waals surface area contributed by atoms with E-state index in [-0.39, 0.29) is 23.8 Å². The summed E-state index contributed by atoms with van der Waals surface area (Å²) in [6.07, 6.45) is 4.67. The first-order valence-electron chi connectivity index (χ1n) is 7.80. The molecule has 0 aromatic carbocycles. The van der Waals surface area contributed by atoms with Crippen molar-refractivity contribution in [3.63, 3.8) is 0 Å². The van der Waals surface area contributed by atoms with Crippen molar-refractivity contribution in [1.82, 2.24) is 15.2 Å². The quantitative estimate of drug-likeness (QED) is 0.791. The van der Waals surface area contributed by atoms with Gasteiger partial charge in [0.05, 0.1) is 6.04 Å². The minimum absolute atomic E-state index is 0.000508. The average Bonchev–Trinajstić information content (AvgIpc) is 3.05. The Balaban J connectivity index is 1.71.